The molecule has 2 unspecified atom stereocenters. The summed E-state index contributed by atoms with van der Waals surface area (Å²) in [5.41, 5.74) is 7.09. The van der Waals surface area contributed by atoms with Crippen LogP contribution in [0, 0.1) is 5.41 Å². The Hall–Kier alpha value is -2.80. The maximum absolute atomic E-state index is 12.6. The van der Waals surface area contributed by atoms with Crippen molar-refractivity contribution in [2.75, 3.05) is 20.3 Å². The first-order valence-electron chi connectivity index (χ1n) is 12.2. The molecule has 34 heavy (non-hydrogen) atoms. The number of nitrogens with two attached hydrogens (primary N) is 1. The quantitative estimate of drug-likeness (QED) is 0.449. The van der Waals surface area contributed by atoms with Crippen molar-refractivity contribution < 1.29 is 19.4 Å². The molecule has 0 aliphatic carbocycles. The molecule has 1 aromatic heterocycles. The molecule has 0 bridgehead atoms. The lowest BCUT2D eigenvalue weighted by molar-refractivity contribution is -0.141. The van der Waals surface area contributed by atoms with Crippen molar-refractivity contribution in [3.05, 3.63) is 46.2 Å². The second kappa shape index (κ2) is 11.1. The highest BCUT2D eigenvalue weighted by Gasteiger charge is 2.44. The molecule has 1 aliphatic heterocycles. The van der Waals surface area contributed by atoms with Gasteiger partial charge in [0.25, 0.3) is 0 Å². The summed E-state index contributed by atoms with van der Waals surface area (Å²) in [4.78, 5) is 24.8. The summed E-state index contributed by atoms with van der Waals surface area (Å²) in [5.74, 6) is -0.627. The maximum Gasteiger partial charge on any atom is 0.313 e. The van der Waals surface area contributed by atoms with Gasteiger partial charge in [-0.25, -0.2) is 0 Å². The fourth-order valence-corrected chi connectivity index (χ4v) is 4.93. The van der Waals surface area contributed by atoms with E-state index in [2.05, 4.69) is 0 Å². The van der Waals surface area contributed by atoms with Gasteiger partial charge < -0.3 is 24.9 Å². The largest absolute Gasteiger partial charge is 0.493 e. The summed E-state index contributed by atoms with van der Waals surface area (Å²) >= 11 is 0. The zero-order valence-corrected chi connectivity index (χ0v) is 20.8. The van der Waals surface area contributed by atoms with Crippen LogP contribution in [0.15, 0.2) is 35.3 Å². The predicted molar refractivity (Wildman–Crippen MR) is 134 cm³/mol. The molecule has 186 valence electrons. The van der Waals surface area contributed by atoms with Gasteiger partial charge in [-0.2, -0.15) is 0 Å². The summed E-state index contributed by atoms with van der Waals surface area (Å²) in [6.45, 7) is 7.34. The number of carboxylic acid groups (broad SMARTS) is 1. The van der Waals surface area contributed by atoms with Gasteiger partial charge in [-0.1, -0.05) is 46.5 Å². The van der Waals surface area contributed by atoms with E-state index in [1.807, 2.05) is 25.3 Å². The minimum Gasteiger partial charge on any atom is -0.493 e. The lowest BCUT2D eigenvalue weighted by Gasteiger charge is -2.42. The van der Waals surface area contributed by atoms with Crippen LogP contribution < -0.4 is 20.6 Å². The standard InChI is InChI=1S/C27H38N2O5/c1-27(2,3)25-24(26(31)32)20-17-23(34-14-10-8-6-5-7-9-12-28)22(33-4)16-19(20)21-15-18(30)11-13-29(21)25/h11,13,15-17,24-25H,5-10,12,14,28H2,1-4H3,(H,31,32). The molecule has 3 rings (SSSR count). The Morgan fingerprint density at radius 1 is 1.06 bits per heavy atom. The number of rotatable bonds is 11. The van der Waals surface area contributed by atoms with Crippen LogP contribution in [0.2, 0.25) is 0 Å². The fourth-order valence-electron chi connectivity index (χ4n) is 4.93. The van der Waals surface area contributed by atoms with Crippen LogP contribution in [0.1, 0.15) is 76.8 Å². The first-order valence-corrected chi connectivity index (χ1v) is 12.2. The summed E-state index contributed by atoms with van der Waals surface area (Å²) in [6.07, 6.45) is 8.23. The van der Waals surface area contributed by atoms with Gasteiger partial charge in [0.1, 0.15) is 5.92 Å². The van der Waals surface area contributed by atoms with E-state index < -0.39 is 11.9 Å². The number of fused-ring (bicyclic) bond motifs is 3. The molecule has 0 radical (unpaired) electrons. The van der Waals surface area contributed by atoms with E-state index in [4.69, 9.17) is 15.2 Å². The SMILES string of the molecule is COc1cc2c(cc1OCCCCCCCCN)C(C(=O)O)C(C(C)(C)C)n1ccc(=O)cc1-2. The van der Waals surface area contributed by atoms with E-state index in [1.165, 1.54) is 12.5 Å². The van der Waals surface area contributed by atoms with Crippen molar-refractivity contribution in [3.63, 3.8) is 0 Å². The highest BCUT2D eigenvalue weighted by Crippen LogP contribution is 2.51. The predicted octanol–water partition coefficient (Wildman–Crippen LogP) is 4.97. The Morgan fingerprint density at radius 2 is 1.74 bits per heavy atom. The van der Waals surface area contributed by atoms with E-state index in [-0.39, 0.29) is 16.9 Å². The van der Waals surface area contributed by atoms with E-state index >= 15 is 0 Å². The number of carbonyl (C=O) groups is 1. The van der Waals surface area contributed by atoms with Crippen molar-refractivity contribution in [1.29, 1.82) is 0 Å². The zero-order chi connectivity index (χ0) is 24.9. The average molecular weight is 471 g/mol. The third kappa shape index (κ3) is 5.63. The molecule has 1 aromatic carbocycles. The molecule has 0 saturated heterocycles. The molecule has 7 heteroatoms. The molecule has 2 atom stereocenters. The van der Waals surface area contributed by atoms with Gasteiger partial charge in [0.05, 0.1) is 25.5 Å². The van der Waals surface area contributed by atoms with Gasteiger partial charge in [0.2, 0.25) is 0 Å². The van der Waals surface area contributed by atoms with E-state index in [0.717, 1.165) is 38.6 Å². The maximum atomic E-state index is 12.6. The van der Waals surface area contributed by atoms with Crippen LogP contribution >= 0.6 is 0 Å². The monoisotopic (exact) mass is 470 g/mol. The van der Waals surface area contributed by atoms with Crippen LogP contribution in [0.5, 0.6) is 11.5 Å². The number of ether oxygens (including phenoxy) is 2. The van der Waals surface area contributed by atoms with Gasteiger partial charge in [-0.05, 0) is 42.5 Å². The number of unbranched alkanes of at least 4 members (excludes halogenated alkanes) is 5. The number of hydrogen-bond donors (Lipinski definition) is 2. The molecule has 3 N–H and O–H groups in total. The lowest BCUT2D eigenvalue weighted by atomic mass is 9.72. The van der Waals surface area contributed by atoms with Crippen LogP contribution in [-0.4, -0.2) is 35.9 Å². The summed E-state index contributed by atoms with van der Waals surface area (Å²) < 4.78 is 13.6. The highest BCUT2D eigenvalue weighted by molar-refractivity contribution is 5.84. The number of methoxy groups -OCH3 is 1. The summed E-state index contributed by atoms with van der Waals surface area (Å²) in [7, 11) is 1.57. The Morgan fingerprint density at radius 3 is 2.35 bits per heavy atom. The molecule has 2 aromatic rings. The third-order valence-electron chi connectivity index (χ3n) is 6.53. The van der Waals surface area contributed by atoms with Gasteiger partial charge in [0.15, 0.2) is 16.9 Å². The molecule has 7 nitrogen and oxygen atoms in total. The summed E-state index contributed by atoms with van der Waals surface area (Å²) in [5, 5.41) is 10.3. The van der Waals surface area contributed by atoms with E-state index in [0.29, 0.717) is 34.9 Å². The minimum atomic E-state index is -0.904. The summed E-state index contributed by atoms with van der Waals surface area (Å²) in [6, 6.07) is 6.28. The van der Waals surface area contributed by atoms with E-state index in [9.17, 15) is 14.7 Å². The molecular formula is C27H38N2O5. The second-order valence-electron chi connectivity index (χ2n) is 10.1. The van der Waals surface area contributed by atoms with Crippen molar-refractivity contribution >= 4 is 5.97 Å². The number of carboxylic acids is 1. The highest BCUT2D eigenvalue weighted by atomic mass is 16.5. The van der Waals surface area contributed by atoms with Crippen LogP contribution in [-0.2, 0) is 4.79 Å². The second-order valence-corrected chi connectivity index (χ2v) is 10.1. The van der Waals surface area contributed by atoms with Crippen molar-refractivity contribution in [2.45, 2.75) is 71.3 Å². The van der Waals surface area contributed by atoms with Gasteiger partial charge in [0, 0.05) is 23.9 Å². The normalized spacial score (nSPS) is 17.1. The Kier molecular flexibility index (Phi) is 8.42. The minimum absolute atomic E-state index is 0.121. The Bertz CT molecular complexity index is 1050. The molecular weight excluding hydrogens is 432 g/mol. The first-order chi connectivity index (χ1) is 16.2. The molecule has 0 fully saturated rings. The van der Waals surface area contributed by atoms with E-state index in [1.54, 1.807) is 31.5 Å². The van der Waals surface area contributed by atoms with Crippen molar-refractivity contribution in [1.82, 2.24) is 4.57 Å². The fraction of sp³-hybridized carbons (Fsp3) is 0.556. The number of aliphatic carboxylic acids is 1. The topological polar surface area (TPSA) is 104 Å². The van der Waals surface area contributed by atoms with Gasteiger partial charge in [-0.15, -0.1) is 0 Å². The molecule has 2 heterocycles. The molecule has 0 saturated carbocycles. The smallest absolute Gasteiger partial charge is 0.313 e. The lowest BCUT2D eigenvalue weighted by Crippen LogP contribution is -2.38. The van der Waals surface area contributed by atoms with Crippen molar-refractivity contribution in [2.24, 2.45) is 11.1 Å². The number of aromatic nitrogens is 1. The zero-order valence-electron chi connectivity index (χ0n) is 20.8. The van der Waals surface area contributed by atoms with Gasteiger partial charge >= 0.3 is 5.97 Å². The van der Waals surface area contributed by atoms with Crippen LogP contribution in [0.25, 0.3) is 11.3 Å². The molecule has 1 aliphatic rings. The first kappa shape index (κ1) is 25.8. The van der Waals surface area contributed by atoms with Crippen molar-refractivity contribution in [3.8, 4) is 22.8 Å². The Balaban J connectivity index is 1.94. The van der Waals surface area contributed by atoms with Crippen LogP contribution in [0.4, 0.5) is 0 Å². The molecule has 0 amide bonds. The average Bonchev–Trinajstić information content (AvgIpc) is 2.78. The third-order valence-corrected chi connectivity index (χ3v) is 6.53. The van der Waals surface area contributed by atoms with Gasteiger partial charge in [-0.3, -0.25) is 9.59 Å². The van der Waals surface area contributed by atoms with Crippen LogP contribution in [0.3, 0.4) is 0 Å². The number of benzene rings is 1. The number of nitrogens with zero attached hydrogens (tertiary/aromatic N) is 1. The molecule has 0 spiro atoms. The number of hydrogen-bond acceptors (Lipinski definition) is 5. The Labute approximate surface area is 201 Å². The number of pyridine rings is 1.